The molecular formula is C22H17N3OS2. The van der Waals surface area contributed by atoms with Crippen LogP contribution in [0.2, 0.25) is 0 Å². The van der Waals surface area contributed by atoms with E-state index in [1.807, 2.05) is 67.6 Å². The number of fused-ring (bicyclic) bond motifs is 1. The standard InChI is InChI=1S/C22H17N3OS2/c1-14-7-6-8-15(13-14)20(26)25-22(27)24-17-10-3-2-9-16(17)21-23-18-11-4-5-12-19(18)28-21/h2-13H,1H3,(H2,24,25,26,27). The predicted octanol–water partition coefficient (Wildman–Crippen LogP) is 5.40. The highest BCUT2D eigenvalue weighted by molar-refractivity contribution is 7.80. The molecule has 0 aliphatic carbocycles. The molecule has 4 nitrogen and oxygen atoms in total. The highest BCUT2D eigenvalue weighted by Crippen LogP contribution is 2.34. The third-order valence-electron chi connectivity index (χ3n) is 4.21. The van der Waals surface area contributed by atoms with Gasteiger partial charge in [-0.2, -0.15) is 0 Å². The molecule has 0 fully saturated rings. The number of carbonyl (C=O) groups excluding carboxylic acids is 1. The van der Waals surface area contributed by atoms with Gasteiger partial charge >= 0.3 is 0 Å². The fraction of sp³-hybridized carbons (Fsp3) is 0.0455. The summed E-state index contributed by atoms with van der Waals surface area (Å²) in [6.45, 7) is 1.95. The van der Waals surface area contributed by atoms with Crippen molar-refractivity contribution in [3.63, 3.8) is 0 Å². The number of para-hydroxylation sites is 2. The number of nitrogens with zero attached hydrogens (tertiary/aromatic N) is 1. The maximum Gasteiger partial charge on any atom is 0.257 e. The summed E-state index contributed by atoms with van der Waals surface area (Å²) in [6.07, 6.45) is 0. The van der Waals surface area contributed by atoms with Gasteiger partial charge in [-0.25, -0.2) is 4.98 Å². The van der Waals surface area contributed by atoms with Crippen LogP contribution in [0.3, 0.4) is 0 Å². The van der Waals surface area contributed by atoms with Crippen molar-refractivity contribution in [3.05, 3.63) is 83.9 Å². The van der Waals surface area contributed by atoms with E-state index in [1.54, 1.807) is 17.4 Å². The fourth-order valence-electron chi connectivity index (χ4n) is 2.88. The molecule has 4 aromatic rings. The van der Waals surface area contributed by atoms with Crippen LogP contribution < -0.4 is 10.6 Å². The fourth-order valence-corrected chi connectivity index (χ4v) is 4.09. The van der Waals surface area contributed by atoms with E-state index >= 15 is 0 Å². The van der Waals surface area contributed by atoms with Gasteiger partial charge in [-0.05, 0) is 55.5 Å². The lowest BCUT2D eigenvalue weighted by molar-refractivity contribution is 0.0977. The van der Waals surface area contributed by atoms with Gasteiger partial charge in [0.15, 0.2) is 5.11 Å². The van der Waals surface area contributed by atoms with Crippen LogP contribution >= 0.6 is 23.6 Å². The van der Waals surface area contributed by atoms with Crippen molar-refractivity contribution in [2.45, 2.75) is 6.92 Å². The third-order valence-corrected chi connectivity index (χ3v) is 5.48. The summed E-state index contributed by atoms with van der Waals surface area (Å²) in [5.74, 6) is -0.237. The molecule has 0 radical (unpaired) electrons. The van der Waals surface area contributed by atoms with Crippen LogP contribution in [0.4, 0.5) is 5.69 Å². The molecule has 6 heteroatoms. The van der Waals surface area contributed by atoms with E-state index in [2.05, 4.69) is 16.7 Å². The number of aryl methyl sites for hydroxylation is 1. The highest BCUT2D eigenvalue weighted by atomic mass is 32.1. The Morgan fingerprint density at radius 2 is 1.79 bits per heavy atom. The Morgan fingerprint density at radius 1 is 1.00 bits per heavy atom. The lowest BCUT2D eigenvalue weighted by Gasteiger charge is -2.12. The number of carbonyl (C=O) groups is 1. The number of amides is 1. The molecule has 138 valence electrons. The van der Waals surface area contributed by atoms with Gasteiger partial charge in [0, 0.05) is 11.1 Å². The summed E-state index contributed by atoms with van der Waals surface area (Å²) in [7, 11) is 0. The molecule has 1 aromatic heterocycles. The summed E-state index contributed by atoms with van der Waals surface area (Å²) < 4.78 is 1.13. The van der Waals surface area contributed by atoms with E-state index in [1.165, 1.54) is 0 Å². The molecule has 0 aliphatic rings. The zero-order chi connectivity index (χ0) is 19.5. The number of hydrogen-bond donors (Lipinski definition) is 2. The van der Waals surface area contributed by atoms with Gasteiger partial charge < -0.3 is 5.32 Å². The third kappa shape index (κ3) is 3.93. The first-order valence-corrected chi connectivity index (χ1v) is 9.96. The number of anilines is 1. The Hall–Kier alpha value is -3.09. The number of aromatic nitrogens is 1. The van der Waals surface area contributed by atoms with Crippen LogP contribution in [0.15, 0.2) is 72.8 Å². The van der Waals surface area contributed by atoms with Gasteiger partial charge in [0.25, 0.3) is 5.91 Å². The average Bonchev–Trinajstić information content (AvgIpc) is 3.12. The van der Waals surface area contributed by atoms with E-state index in [4.69, 9.17) is 17.2 Å². The van der Waals surface area contributed by atoms with Crippen LogP contribution in [0.1, 0.15) is 15.9 Å². The topological polar surface area (TPSA) is 54.0 Å². The van der Waals surface area contributed by atoms with E-state index < -0.39 is 0 Å². The van der Waals surface area contributed by atoms with Crippen molar-refractivity contribution in [1.82, 2.24) is 10.3 Å². The smallest absolute Gasteiger partial charge is 0.257 e. The Balaban J connectivity index is 1.55. The molecule has 0 saturated carbocycles. The van der Waals surface area contributed by atoms with Gasteiger partial charge in [0.2, 0.25) is 0 Å². The zero-order valence-corrected chi connectivity index (χ0v) is 16.7. The van der Waals surface area contributed by atoms with E-state index in [-0.39, 0.29) is 11.0 Å². The lowest BCUT2D eigenvalue weighted by Crippen LogP contribution is -2.34. The Kier molecular flexibility index (Phi) is 5.14. The summed E-state index contributed by atoms with van der Waals surface area (Å²) in [5.41, 5.74) is 4.30. The molecule has 28 heavy (non-hydrogen) atoms. The minimum absolute atomic E-state index is 0.237. The largest absolute Gasteiger partial charge is 0.332 e. The van der Waals surface area contributed by atoms with Crippen molar-refractivity contribution >= 4 is 50.5 Å². The second-order valence-electron chi connectivity index (χ2n) is 6.31. The first-order chi connectivity index (χ1) is 13.6. The Bertz CT molecular complexity index is 1150. The van der Waals surface area contributed by atoms with Crippen LogP contribution in [0, 0.1) is 6.92 Å². The number of thiazole rings is 1. The molecule has 1 heterocycles. The highest BCUT2D eigenvalue weighted by Gasteiger charge is 2.13. The van der Waals surface area contributed by atoms with Gasteiger partial charge in [-0.3, -0.25) is 10.1 Å². The van der Waals surface area contributed by atoms with Gasteiger partial charge in [0.05, 0.1) is 15.9 Å². The second kappa shape index (κ2) is 7.88. The van der Waals surface area contributed by atoms with E-state index in [0.717, 1.165) is 32.0 Å². The molecule has 0 unspecified atom stereocenters. The van der Waals surface area contributed by atoms with Crippen LogP contribution in [0.25, 0.3) is 20.8 Å². The van der Waals surface area contributed by atoms with Gasteiger partial charge in [-0.1, -0.05) is 42.0 Å². The molecule has 0 bridgehead atoms. The summed E-state index contributed by atoms with van der Waals surface area (Å²) >= 11 is 6.98. The molecule has 0 saturated heterocycles. The second-order valence-corrected chi connectivity index (χ2v) is 7.75. The minimum Gasteiger partial charge on any atom is -0.332 e. The average molecular weight is 404 g/mol. The molecule has 0 aliphatic heterocycles. The maximum absolute atomic E-state index is 12.4. The minimum atomic E-state index is -0.237. The summed E-state index contributed by atoms with van der Waals surface area (Å²) in [5, 5.41) is 7.03. The van der Waals surface area contributed by atoms with Crippen molar-refractivity contribution in [2.24, 2.45) is 0 Å². The van der Waals surface area contributed by atoms with Crippen LogP contribution in [-0.4, -0.2) is 16.0 Å². The molecular weight excluding hydrogens is 386 g/mol. The van der Waals surface area contributed by atoms with Gasteiger partial charge in [-0.15, -0.1) is 11.3 Å². The van der Waals surface area contributed by atoms with Crippen molar-refractivity contribution in [1.29, 1.82) is 0 Å². The van der Waals surface area contributed by atoms with E-state index in [9.17, 15) is 4.79 Å². The summed E-state index contributed by atoms with van der Waals surface area (Å²) in [6, 6.07) is 23.2. The van der Waals surface area contributed by atoms with Gasteiger partial charge in [0.1, 0.15) is 5.01 Å². The normalized spacial score (nSPS) is 10.6. The number of rotatable bonds is 3. The zero-order valence-electron chi connectivity index (χ0n) is 15.1. The SMILES string of the molecule is Cc1cccc(C(=O)NC(=S)Nc2ccccc2-c2nc3ccccc3s2)c1. The first kappa shape index (κ1) is 18.3. The van der Waals surface area contributed by atoms with Crippen LogP contribution in [-0.2, 0) is 0 Å². The van der Waals surface area contributed by atoms with E-state index in [0.29, 0.717) is 5.56 Å². The number of nitrogens with one attached hydrogen (secondary N) is 2. The number of benzene rings is 3. The van der Waals surface area contributed by atoms with Crippen molar-refractivity contribution in [3.8, 4) is 10.6 Å². The van der Waals surface area contributed by atoms with Crippen molar-refractivity contribution in [2.75, 3.05) is 5.32 Å². The molecule has 0 atom stereocenters. The Labute approximate surface area is 172 Å². The molecule has 0 spiro atoms. The monoisotopic (exact) mass is 403 g/mol. The predicted molar refractivity (Wildman–Crippen MR) is 120 cm³/mol. The lowest BCUT2D eigenvalue weighted by atomic mass is 10.1. The van der Waals surface area contributed by atoms with Crippen molar-refractivity contribution < 1.29 is 4.79 Å². The first-order valence-electron chi connectivity index (χ1n) is 8.74. The molecule has 2 N–H and O–H groups in total. The molecule has 3 aromatic carbocycles. The molecule has 4 rings (SSSR count). The number of thiocarbonyl (C=S) groups is 1. The van der Waals surface area contributed by atoms with Crippen LogP contribution in [0.5, 0.6) is 0 Å². The molecule has 1 amide bonds. The Morgan fingerprint density at radius 3 is 2.61 bits per heavy atom. The summed E-state index contributed by atoms with van der Waals surface area (Å²) in [4.78, 5) is 17.1. The maximum atomic E-state index is 12.4. The number of hydrogen-bond acceptors (Lipinski definition) is 4. The quantitative estimate of drug-likeness (QED) is 0.450.